The number of ether oxygens (including phenoxy) is 4. The van der Waals surface area contributed by atoms with E-state index in [1.54, 1.807) is 54.7 Å². The molecule has 0 bridgehead atoms. The van der Waals surface area contributed by atoms with E-state index >= 15 is 0 Å². The fourth-order valence-corrected chi connectivity index (χ4v) is 8.69. The van der Waals surface area contributed by atoms with Gasteiger partial charge in [-0.3, -0.25) is 9.88 Å². The van der Waals surface area contributed by atoms with Crippen LogP contribution in [0.5, 0.6) is 23.1 Å². The average Bonchev–Trinajstić information content (AvgIpc) is 3.70. The molecule has 13 nitrogen and oxygen atoms in total. The zero-order chi connectivity index (χ0) is 44.1. The SMILES string of the molecule is COc1cccc(-c2ncc3snc(OC(Cc4ccccc4OCc4ccnc(N5CCC(F)(F)CC5)n4)C(=O)O)c3c2-c2ccc(OCCN3CCN(C)CC3)c(Cl)c2C)c1. The van der Waals surface area contributed by atoms with Crippen molar-refractivity contribution in [1.82, 2.24) is 29.1 Å². The fourth-order valence-electron chi connectivity index (χ4n) is 7.77. The van der Waals surface area contributed by atoms with Gasteiger partial charge in [0.05, 0.1) is 33.6 Å². The number of piperazine rings is 1. The number of carboxylic acids is 1. The van der Waals surface area contributed by atoms with Crippen molar-refractivity contribution in [1.29, 1.82) is 0 Å². The Hall–Kier alpha value is -5.68. The Labute approximate surface area is 373 Å². The number of aliphatic carboxylic acids is 1. The lowest BCUT2D eigenvalue weighted by Gasteiger charge is -2.32. The zero-order valence-corrected chi connectivity index (χ0v) is 36.8. The van der Waals surface area contributed by atoms with Gasteiger partial charge < -0.3 is 33.9 Å². The molecule has 2 aliphatic rings. The van der Waals surface area contributed by atoms with Crippen LogP contribution in [0, 0.1) is 6.92 Å². The first kappa shape index (κ1) is 43.9. The minimum absolute atomic E-state index is 0.0389. The Balaban J connectivity index is 1.07. The molecule has 1 N–H and O–H groups in total. The summed E-state index contributed by atoms with van der Waals surface area (Å²) in [5, 5.41) is 11.7. The van der Waals surface area contributed by atoms with Gasteiger partial charge in [0, 0.05) is 88.6 Å². The van der Waals surface area contributed by atoms with Crippen LogP contribution >= 0.6 is 23.1 Å². The lowest BCUT2D eigenvalue weighted by Crippen LogP contribution is -2.45. The first-order valence-corrected chi connectivity index (χ1v) is 21.9. The highest BCUT2D eigenvalue weighted by atomic mass is 35.5. The molecule has 1 unspecified atom stereocenters. The second-order valence-electron chi connectivity index (χ2n) is 15.7. The van der Waals surface area contributed by atoms with Crippen molar-refractivity contribution in [2.24, 2.45) is 0 Å². The summed E-state index contributed by atoms with van der Waals surface area (Å²) < 4.78 is 57.4. The number of halogens is 3. The summed E-state index contributed by atoms with van der Waals surface area (Å²) in [5.74, 6) is -1.75. The van der Waals surface area contributed by atoms with Crippen molar-refractivity contribution in [3.05, 3.63) is 101 Å². The third-order valence-electron chi connectivity index (χ3n) is 11.5. The lowest BCUT2D eigenvalue weighted by molar-refractivity contribution is -0.145. The molecule has 8 rings (SSSR count). The first-order chi connectivity index (χ1) is 30.5. The number of para-hydroxylation sites is 1. The number of piperidine rings is 1. The molecule has 6 aromatic rings. The van der Waals surface area contributed by atoms with E-state index < -0.39 is 18.0 Å². The number of anilines is 1. The molecular formula is C46H48ClF2N7O6S. The van der Waals surface area contributed by atoms with Crippen LogP contribution in [0.4, 0.5) is 14.7 Å². The van der Waals surface area contributed by atoms with Crippen molar-refractivity contribution >= 4 is 45.1 Å². The Morgan fingerprint density at radius 1 is 0.968 bits per heavy atom. The van der Waals surface area contributed by atoms with E-state index in [1.165, 1.54) is 0 Å². The highest BCUT2D eigenvalue weighted by Gasteiger charge is 2.35. The Bertz CT molecular complexity index is 2570. The maximum absolute atomic E-state index is 13.8. The maximum Gasteiger partial charge on any atom is 0.345 e. The molecule has 0 spiro atoms. The number of alkyl halides is 2. The van der Waals surface area contributed by atoms with E-state index in [-0.39, 0.29) is 44.8 Å². The number of carbonyl (C=O) groups is 1. The van der Waals surface area contributed by atoms with Crippen molar-refractivity contribution in [3.8, 4) is 45.5 Å². The van der Waals surface area contributed by atoms with Gasteiger partial charge >= 0.3 is 5.97 Å². The van der Waals surface area contributed by atoms with Gasteiger partial charge in [-0.05, 0) is 72.5 Å². The van der Waals surface area contributed by atoms with Crippen molar-refractivity contribution in [2.45, 2.75) is 44.8 Å². The van der Waals surface area contributed by atoms with E-state index in [2.05, 4.69) is 31.2 Å². The quantitative estimate of drug-likeness (QED) is 0.0999. The van der Waals surface area contributed by atoms with Crippen LogP contribution in [-0.4, -0.2) is 119 Å². The monoisotopic (exact) mass is 899 g/mol. The summed E-state index contributed by atoms with van der Waals surface area (Å²) in [6, 6.07) is 20.2. The number of aromatic nitrogens is 4. The molecule has 1 atom stereocenters. The molecule has 63 heavy (non-hydrogen) atoms. The number of nitrogens with zero attached hydrogens (tertiary/aromatic N) is 7. The molecule has 0 radical (unpaired) electrons. The van der Waals surface area contributed by atoms with Gasteiger partial charge in [0.25, 0.3) is 5.92 Å². The molecule has 17 heteroatoms. The van der Waals surface area contributed by atoms with Crippen LogP contribution < -0.4 is 23.8 Å². The van der Waals surface area contributed by atoms with E-state index in [9.17, 15) is 18.7 Å². The standard InChI is InChI=1S/C46H48ClF2N7O6S/c1-29-34(11-12-36(41(29)47)60-24-23-55-21-19-54(2)20-22-55)39-40-38(27-51-42(39)31-8-6-9-33(25-31)59-3)63-53-43(40)62-37(44(57)58)26-30-7-4-5-10-35(30)61-28-32-13-16-50-45(52-32)56-17-14-46(48,49)15-18-56/h4-13,16,25,27,37H,14-15,17-24,26,28H2,1-3H3,(H,57,58). The molecule has 330 valence electrons. The van der Waals surface area contributed by atoms with Gasteiger partial charge in [-0.2, -0.15) is 4.37 Å². The number of likely N-dealkylation sites (N-methyl/N-ethyl adjacent to an activating group) is 1. The highest BCUT2D eigenvalue weighted by Crippen LogP contribution is 2.46. The van der Waals surface area contributed by atoms with Crippen LogP contribution in [0.2, 0.25) is 5.02 Å². The summed E-state index contributed by atoms with van der Waals surface area (Å²) in [5.41, 5.74) is 4.67. The molecule has 3 aromatic carbocycles. The summed E-state index contributed by atoms with van der Waals surface area (Å²) in [6.07, 6.45) is 1.33. The molecule has 0 aliphatic carbocycles. The third-order valence-corrected chi connectivity index (χ3v) is 12.7. The predicted octanol–water partition coefficient (Wildman–Crippen LogP) is 8.30. The van der Waals surface area contributed by atoms with Crippen LogP contribution in [0.25, 0.3) is 32.5 Å². The molecule has 2 saturated heterocycles. The molecule has 2 aliphatic heterocycles. The number of pyridine rings is 1. The molecule has 3 aromatic heterocycles. The number of hydrogen-bond acceptors (Lipinski definition) is 13. The topological polar surface area (TPSA) is 136 Å². The Kier molecular flexibility index (Phi) is 13.5. The number of methoxy groups -OCH3 is 1. The second kappa shape index (κ2) is 19.4. The summed E-state index contributed by atoms with van der Waals surface area (Å²) in [7, 11) is 3.73. The van der Waals surface area contributed by atoms with E-state index in [0.717, 1.165) is 60.9 Å². The number of fused-ring (bicyclic) bond motifs is 1. The van der Waals surface area contributed by atoms with Crippen LogP contribution in [-0.2, 0) is 17.8 Å². The summed E-state index contributed by atoms with van der Waals surface area (Å²) >= 11 is 8.25. The lowest BCUT2D eigenvalue weighted by atomic mass is 9.93. The van der Waals surface area contributed by atoms with Crippen LogP contribution in [0.15, 0.2) is 79.1 Å². The highest BCUT2D eigenvalue weighted by molar-refractivity contribution is 7.13. The molecule has 0 saturated carbocycles. The fraction of sp³-hybridized carbons (Fsp3) is 0.370. The number of hydrogen-bond donors (Lipinski definition) is 1. The summed E-state index contributed by atoms with van der Waals surface area (Å²) in [4.78, 5) is 33.2. The Morgan fingerprint density at radius 3 is 2.54 bits per heavy atom. The van der Waals surface area contributed by atoms with Crippen LogP contribution in [0.1, 0.15) is 29.7 Å². The van der Waals surface area contributed by atoms with Gasteiger partial charge in [-0.25, -0.2) is 23.5 Å². The van der Waals surface area contributed by atoms with Gasteiger partial charge in [-0.15, -0.1) is 0 Å². The molecular weight excluding hydrogens is 852 g/mol. The predicted molar refractivity (Wildman–Crippen MR) is 239 cm³/mol. The van der Waals surface area contributed by atoms with E-state index in [1.807, 2.05) is 43.3 Å². The molecule has 2 fully saturated rings. The maximum atomic E-state index is 13.8. The van der Waals surface area contributed by atoms with Gasteiger partial charge in [0.1, 0.15) is 30.5 Å². The third kappa shape index (κ3) is 10.3. The number of carboxylic acid groups (broad SMARTS) is 1. The van der Waals surface area contributed by atoms with E-state index in [4.69, 9.17) is 35.5 Å². The number of benzene rings is 3. The van der Waals surface area contributed by atoms with Crippen molar-refractivity contribution in [2.75, 3.05) is 71.5 Å². The van der Waals surface area contributed by atoms with Crippen LogP contribution in [0.3, 0.4) is 0 Å². The normalized spacial score (nSPS) is 16.2. The van der Waals surface area contributed by atoms with E-state index in [0.29, 0.717) is 67.4 Å². The zero-order valence-electron chi connectivity index (χ0n) is 35.2. The van der Waals surface area contributed by atoms with Crippen molar-refractivity contribution < 1.29 is 37.6 Å². The van der Waals surface area contributed by atoms with Gasteiger partial charge in [-0.1, -0.05) is 48.0 Å². The second-order valence-corrected chi connectivity index (χ2v) is 16.9. The van der Waals surface area contributed by atoms with Gasteiger partial charge in [0.15, 0.2) is 0 Å². The average molecular weight is 900 g/mol. The molecule has 0 amide bonds. The minimum Gasteiger partial charge on any atom is -0.497 e. The molecule has 5 heterocycles. The first-order valence-electron chi connectivity index (χ1n) is 20.8. The number of rotatable bonds is 16. The van der Waals surface area contributed by atoms with Gasteiger partial charge in [0.2, 0.25) is 17.9 Å². The largest absolute Gasteiger partial charge is 0.497 e. The smallest absolute Gasteiger partial charge is 0.345 e. The van der Waals surface area contributed by atoms with Crippen molar-refractivity contribution in [3.63, 3.8) is 0 Å². The Morgan fingerprint density at radius 2 is 1.76 bits per heavy atom. The summed E-state index contributed by atoms with van der Waals surface area (Å²) in [6.45, 7) is 7.54. The minimum atomic E-state index is -2.69.